The van der Waals surface area contributed by atoms with E-state index < -0.39 is 193 Å². The largest absolute Gasteiger partial charge is 0.481 e. The van der Waals surface area contributed by atoms with Gasteiger partial charge in [0.1, 0.15) is 48.1 Å². The van der Waals surface area contributed by atoms with Crippen LogP contribution in [0.4, 0.5) is 4.79 Å². The number of carboxylic acids is 1. The number of aliphatic hydroxyl groups is 1. The van der Waals surface area contributed by atoms with E-state index in [2.05, 4.69) is 16.0 Å². The Bertz CT molecular complexity index is 3550. The van der Waals surface area contributed by atoms with Gasteiger partial charge < -0.3 is 59.3 Å². The minimum absolute atomic E-state index is 0.0102. The van der Waals surface area contributed by atoms with Crippen LogP contribution in [-0.4, -0.2) is 148 Å². The molecule has 13 atom stereocenters. The van der Waals surface area contributed by atoms with Crippen LogP contribution in [0.1, 0.15) is 107 Å². The molecule has 2 saturated heterocycles. The number of Topliss-reactive ketones (excluding diaryl/α,β-unsaturated/α-hetero) is 1. The number of aliphatic carboxylic acids is 1. The van der Waals surface area contributed by atoms with Crippen LogP contribution in [0.2, 0.25) is 0 Å². The number of ether oxygens (including phenoxy) is 7. The number of imide groups is 1. The first-order chi connectivity index (χ1) is 43.2. The standard InChI is InChI=1S/C66H70N4O21/c1-35-44(87-61(82)54(89-50(77)30-39-21-13-8-14-22-39)52(40-23-15-9-16-24-40)69-58(79)42(27-28-48(74)75)67-47(73)31-43-59(80)70-62(83)68-43)33-66(84)57(90-60(81)41-25-17-10-18-26-41)55-64(6,56(78)53(86-36(2)71)51(35)63(66,4)5)45(32-46-65(55,34-85-46)91-37(3)72)88-49(76)29-38-19-11-7-12-20-38/h7-26,42-46,52-55,57,84H,27-34H2,1-6H3,(H,67,73)(H,69,79)(H,74,75)(H2,68,70,80,83)/t42-,43?,44+,45+,46-,52+,53-,54-,55+,57+,64-,65+,66-/m1/s1. The summed E-state index contributed by atoms with van der Waals surface area (Å²) < 4.78 is 44.1. The number of urea groups is 1. The van der Waals surface area contributed by atoms with Crippen molar-refractivity contribution in [1.29, 1.82) is 0 Å². The van der Waals surface area contributed by atoms with Crippen molar-refractivity contribution < 1.29 is 101 Å². The van der Waals surface area contributed by atoms with Crippen LogP contribution in [0, 0.1) is 16.7 Å². The van der Waals surface area contributed by atoms with Gasteiger partial charge in [-0.2, -0.15) is 0 Å². The van der Waals surface area contributed by atoms with Crippen molar-refractivity contribution >= 4 is 71.3 Å². The zero-order valence-electron chi connectivity index (χ0n) is 50.6. The molecule has 4 aromatic rings. The van der Waals surface area contributed by atoms with Gasteiger partial charge in [0.15, 0.2) is 17.5 Å². The van der Waals surface area contributed by atoms with Gasteiger partial charge in [-0.15, -0.1) is 0 Å². The third-order valence-corrected chi connectivity index (χ3v) is 17.9. The molecule has 5 amide bonds. The fourth-order valence-corrected chi connectivity index (χ4v) is 13.4. The molecule has 2 aliphatic heterocycles. The monoisotopic (exact) mass is 1250 g/mol. The highest BCUT2D eigenvalue weighted by atomic mass is 16.6. The maximum absolute atomic E-state index is 16.6. The summed E-state index contributed by atoms with van der Waals surface area (Å²) in [5.41, 5.74) is -7.95. The molecular formula is C66H70N4O21. The number of amides is 5. The van der Waals surface area contributed by atoms with Gasteiger partial charge in [-0.1, -0.05) is 123 Å². The molecule has 4 aromatic carbocycles. The predicted molar refractivity (Wildman–Crippen MR) is 314 cm³/mol. The van der Waals surface area contributed by atoms with Gasteiger partial charge in [-0.3, -0.25) is 48.5 Å². The molecule has 2 saturated carbocycles. The first-order valence-corrected chi connectivity index (χ1v) is 29.5. The van der Waals surface area contributed by atoms with Gasteiger partial charge in [0, 0.05) is 38.5 Å². The van der Waals surface area contributed by atoms with Crippen molar-refractivity contribution in [2.75, 3.05) is 6.61 Å². The lowest BCUT2D eigenvalue weighted by Crippen LogP contribution is -2.82. The Kier molecular flexibility index (Phi) is 19.4. The smallest absolute Gasteiger partial charge is 0.350 e. The predicted octanol–water partition coefficient (Wildman–Crippen LogP) is 3.96. The van der Waals surface area contributed by atoms with Crippen LogP contribution in [0.15, 0.2) is 132 Å². The number of ketones is 1. The summed E-state index contributed by atoms with van der Waals surface area (Å²) in [7, 11) is 0. The van der Waals surface area contributed by atoms with Crippen LogP contribution in [0.25, 0.3) is 0 Å². The minimum atomic E-state index is -2.66. The summed E-state index contributed by atoms with van der Waals surface area (Å²) >= 11 is 0. The Morgan fingerprint density at radius 2 is 1.33 bits per heavy atom. The van der Waals surface area contributed by atoms with Gasteiger partial charge in [0.05, 0.1) is 42.8 Å². The zero-order valence-corrected chi connectivity index (χ0v) is 50.6. The first kappa shape index (κ1) is 65.8. The van der Waals surface area contributed by atoms with Crippen LogP contribution >= 0.6 is 0 Å². The number of hydrogen-bond donors (Lipinski definition) is 6. The number of carbonyl (C=O) groups excluding carboxylic acids is 11. The zero-order chi connectivity index (χ0) is 65.7. The molecule has 6 N–H and O–H groups in total. The second-order valence-corrected chi connectivity index (χ2v) is 24.0. The number of carbonyl (C=O) groups is 12. The van der Waals surface area contributed by atoms with Crippen LogP contribution in [0.3, 0.4) is 0 Å². The molecule has 1 unspecified atom stereocenters. The van der Waals surface area contributed by atoms with E-state index in [1.807, 2.05) is 5.32 Å². The summed E-state index contributed by atoms with van der Waals surface area (Å²) in [6.45, 7) is 7.47. The number of carboxylic acid groups (broad SMARTS) is 1. The Hall–Kier alpha value is -9.62. The molecule has 91 heavy (non-hydrogen) atoms. The minimum Gasteiger partial charge on any atom is -0.481 e. The first-order valence-electron chi connectivity index (χ1n) is 29.5. The van der Waals surface area contributed by atoms with Gasteiger partial charge >= 0.3 is 47.8 Å². The molecule has 480 valence electrons. The molecule has 0 aromatic heterocycles. The van der Waals surface area contributed by atoms with Crippen molar-refractivity contribution in [2.45, 2.75) is 152 Å². The number of benzene rings is 4. The number of hydrogen-bond acceptors (Lipinski definition) is 20. The number of rotatable bonds is 22. The number of esters is 6. The lowest BCUT2D eigenvalue weighted by molar-refractivity contribution is -0.346. The molecule has 25 nitrogen and oxygen atoms in total. The second-order valence-electron chi connectivity index (χ2n) is 24.0. The highest BCUT2D eigenvalue weighted by molar-refractivity contribution is 6.06. The fourth-order valence-electron chi connectivity index (χ4n) is 13.4. The molecule has 0 spiro atoms. The molecular weight excluding hydrogens is 1180 g/mol. The Morgan fingerprint density at radius 1 is 0.736 bits per heavy atom. The molecule has 4 fully saturated rings. The van der Waals surface area contributed by atoms with E-state index in [9.17, 15) is 58.2 Å². The fraction of sp³-hybridized carbons (Fsp3) is 0.424. The normalized spacial score (nSPS) is 27.1. The summed E-state index contributed by atoms with van der Waals surface area (Å²) in [6.07, 6.45) is -14.6. The third kappa shape index (κ3) is 13.6. The summed E-state index contributed by atoms with van der Waals surface area (Å²) in [4.78, 5) is 168. The highest BCUT2D eigenvalue weighted by Crippen LogP contribution is 2.65. The maximum atomic E-state index is 16.6. The van der Waals surface area contributed by atoms with Crippen LogP contribution in [-0.2, 0) is 93.9 Å². The Labute approximate surface area is 522 Å². The third-order valence-electron chi connectivity index (χ3n) is 17.9. The molecule has 3 aliphatic carbocycles. The summed E-state index contributed by atoms with van der Waals surface area (Å²) in [5.74, 6) is -13.3. The van der Waals surface area contributed by atoms with E-state index in [1.54, 1.807) is 84.9 Å². The quantitative estimate of drug-likeness (QED) is 0.0281. The molecule has 25 heteroatoms. The van der Waals surface area contributed by atoms with Gasteiger partial charge in [0.25, 0.3) is 5.91 Å². The van der Waals surface area contributed by atoms with Gasteiger partial charge in [-0.05, 0) is 60.2 Å². The Morgan fingerprint density at radius 3 is 1.88 bits per heavy atom. The number of nitrogens with one attached hydrogen (secondary N) is 4. The van der Waals surface area contributed by atoms with Crippen molar-refractivity contribution in [2.24, 2.45) is 16.7 Å². The summed E-state index contributed by atoms with van der Waals surface area (Å²) in [5, 5.41) is 33.5. The van der Waals surface area contributed by atoms with E-state index >= 15 is 9.59 Å². The van der Waals surface area contributed by atoms with Crippen molar-refractivity contribution in [3.05, 3.63) is 155 Å². The average molecular weight is 1260 g/mol. The van der Waals surface area contributed by atoms with E-state index in [0.29, 0.717) is 11.1 Å². The van der Waals surface area contributed by atoms with E-state index in [-0.39, 0.29) is 35.1 Å². The van der Waals surface area contributed by atoms with Gasteiger partial charge in [-0.25, -0.2) is 14.4 Å². The van der Waals surface area contributed by atoms with E-state index in [0.717, 1.165) is 13.8 Å². The molecule has 2 heterocycles. The summed E-state index contributed by atoms with van der Waals surface area (Å²) in [6, 6.07) is 26.1. The van der Waals surface area contributed by atoms with E-state index in [1.165, 1.54) is 64.1 Å². The SMILES string of the molecule is CC(=O)O[C@H]1C(=O)[C@]2(C)[C@@H](OC(=O)Cc3ccccc3)C[C@H]3OC[C@@]3(OC(C)=O)[C@H]2[C@H](OC(=O)c2ccccc2)[C@]2(O)C[C@H](OC(=O)[C@H](OC(=O)Cc3ccccc3)[C@@H](NC(=O)[C@@H](CCC(=O)O)NC(=O)CC3NC(=O)NC3=O)c3ccccc3)C(C)=C1C2(C)C. The topological polar surface area (TPSA) is 358 Å². The van der Waals surface area contributed by atoms with Gasteiger partial charge in [0.2, 0.25) is 17.9 Å². The van der Waals surface area contributed by atoms with Crippen LogP contribution < -0.4 is 21.3 Å². The van der Waals surface area contributed by atoms with Crippen LogP contribution in [0.5, 0.6) is 0 Å². The molecule has 0 radical (unpaired) electrons. The second kappa shape index (κ2) is 26.8. The Balaban J connectivity index is 1.19. The highest BCUT2D eigenvalue weighted by Gasteiger charge is 2.79. The molecule has 5 aliphatic rings. The van der Waals surface area contributed by atoms with Crippen molar-refractivity contribution in [1.82, 2.24) is 21.3 Å². The maximum Gasteiger partial charge on any atom is 0.350 e. The van der Waals surface area contributed by atoms with Crippen molar-refractivity contribution in [3.8, 4) is 0 Å². The number of fused-ring (bicyclic) bond motifs is 5. The lowest BCUT2D eigenvalue weighted by atomic mass is 9.44. The molecule has 9 rings (SSSR count). The lowest BCUT2D eigenvalue weighted by Gasteiger charge is -2.67. The van der Waals surface area contributed by atoms with E-state index in [4.69, 9.17) is 33.2 Å². The average Bonchev–Trinajstić information content (AvgIpc) is 0.778. The molecule has 2 bridgehead atoms. The van der Waals surface area contributed by atoms with Crippen molar-refractivity contribution in [3.63, 3.8) is 0 Å².